The quantitative estimate of drug-likeness (QED) is 0.868. The van der Waals surface area contributed by atoms with Crippen molar-refractivity contribution in [1.29, 1.82) is 0 Å². The number of anilines is 1. The summed E-state index contributed by atoms with van der Waals surface area (Å²) >= 11 is 0. The number of hydrogen-bond acceptors (Lipinski definition) is 4. The largest absolute Gasteiger partial charge is 0.488 e. The fraction of sp³-hybridized carbons (Fsp3) is 0.316. The van der Waals surface area contributed by atoms with Gasteiger partial charge in [0.25, 0.3) is 0 Å². The molecule has 23 heavy (non-hydrogen) atoms. The average molecular weight is 311 g/mol. The summed E-state index contributed by atoms with van der Waals surface area (Å²) in [5, 5.41) is 3.20. The Hall–Kier alpha value is -2.49. The number of carbonyl (C=O) groups excluding carboxylic acids is 1. The summed E-state index contributed by atoms with van der Waals surface area (Å²) in [5.41, 5.74) is 1.95. The van der Waals surface area contributed by atoms with E-state index in [2.05, 4.69) is 5.32 Å². The molecule has 4 nitrogen and oxygen atoms in total. The summed E-state index contributed by atoms with van der Waals surface area (Å²) < 4.78 is 11.9. The van der Waals surface area contributed by atoms with Crippen molar-refractivity contribution in [2.24, 2.45) is 0 Å². The van der Waals surface area contributed by atoms with E-state index >= 15 is 0 Å². The van der Waals surface area contributed by atoms with Gasteiger partial charge in [-0.05, 0) is 31.5 Å². The summed E-state index contributed by atoms with van der Waals surface area (Å²) in [7, 11) is 0. The minimum atomic E-state index is -0.221. The van der Waals surface area contributed by atoms with Gasteiger partial charge in [0.15, 0.2) is 0 Å². The van der Waals surface area contributed by atoms with Crippen LogP contribution in [-0.4, -0.2) is 18.4 Å². The van der Waals surface area contributed by atoms with Gasteiger partial charge in [-0.1, -0.05) is 30.3 Å². The van der Waals surface area contributed by atoms with Gasteiger partial charge in [0.2, 0.25) is 0 Å². The normalized spacial score (nSPS) is 21.1. The first-order valence-corrected chi connectivity index (χ1v) is 7.90. The van der Waals surface area contributed by atoms with E-state index in [1.807, 2.05) is 62.4 Å². The van der Waals surface area contributed by atoms with Gasteiger partial charge in [-0.3, -0.25) is 0 Å². The Kier molecular flexibility index (Phi) is 4.51. The van der Waals surface area contributed by atoms with Gasteiger partial charge < -0.3 is 19.6 Å². The summed E-state index contributed by atoms with van der Waals surface area (Å²) in [6, 6.07) is 15.5. The third kappa shape index (κ3) is 3.65. The number of benzene rings is 2. The molecule has 3 rings (SSSR count). The predicted molar refractivity (Wildman–Crippen MR) is 90.1 cm³/mol. The van der Waals surface area contributed by atoms with Crippen LogP contribution in [0, 0.1) is 0 Å². The Morgan fingerprint density at radius 2 is 2.04 bits per heavy atom. The van der Waals surface area contributed by atoms with Gasteiger partial charge in [-0.15, -0.1) is 0 Å². The second-order valence-electron chi connectivity index (χ2n) is 5.88. The van der Waals surface area contributed by atoms with Crippen LogP contribution in [0.2, 0.25) is 0 Å². The third-order valence-electron chi connectivity index (χ3n) is 3.95. The Labute approximate surface area is 136 Å². The monoisotopic (exact) mass is 311 g/mol. The van der Waals surface area contributed by atoms with Gasteiger partial charge in [0.1, 0.15) is 23.9 Å². The van der Waals surface area contributed by atoms with Crippen LogP contribution in [0.1, 0.15) is 31.9 Å². The van der Waals surface area contributed by atoms with Crippen molar-refractivity contribution in [3.63, 3.8) is 0 Å². The summed E-state index contributed by atoms with van der Waals surface area (Å²) in [5.74, 6) is 1.47. The SMILES string of the molecule is C[C@@H]1CC(C=O)Nc2ccc(O[C@@H](C)c3ccccc3)cc2O1. The molecular weight excluding hydrogens is 290 g/mol. The van der Waals surface area contributed by atoms with Crippen LogP contribution < -0.4 is 14.8 Å². The number of fused-ring (bicyclic) bond motifs is 1. The van der Waals surface area contributed by atoms with Crippen LogP contribution in [0.3, 0.4) is 0 Å². The molecule has 1 unspecified atom stereocenters. The van der Waals surface area contributed by atoms with Crippen LogP contribution in [-0.2, 0) is 4.79 Å². The number of nitrogens with one attached hydrogen (secondary N) is 1. The Morgan fingerprint density at radius 3 is 2.78 bits per heavy atom. The molecule has 0 amide bonds. The first kappa shape index (κ1) is 15.4. The zero-order valence-electron chi connectivity index (χ0n) is 13.4. The molecule has 1 heterocycles. The number of hydrogen-bond donors (Lipinski definition) is 1. The summed E-state index contributed by atoms with van der Waals surface area (Å²) in [6.07, 6.45) is 1.50. The number of ether oxygens (including phenoxy) is 2. The van der Waals surface area contributed by atoms with Crippen molar-refractivity contribution in [2.45, 2.75) is 38.5 Å². The molecule has 2 aromatic rings. The first-order valence-electron chi connectivity index (χ1n) is 7.90. The maximum Gasteiger partial charge on any atom is 0.146 e. The average Bonchev–Trinajstić information content (AvgIpc) is 2.72. The molecule has 0 spiro atoms. The zero-order valence-corrected chi connectivity index (χ0v) is 13.4. The van der Waals surface area contributed by atoms with Gasteiger partial charge in [-0.2, -0.15) is 0 Å². The van der Waals surface area contributed by atoms with Crippen molar-refractivity contribution in [2.75, 3.05) is 5.32 Å². The molecule has 0 aliphatic carbocycles. The maximum atomic E-state index is 11.1. The molecule has 0 bridgehead atoms. The summed E-state index contributed by atoms with van der Waals surface area (Å²) in [6.45, 7) is 3.98. The first-order chi connectivity index (χ1) is 11.2. The smallest absolute Gasteiger partial charge is 0.146 e. The lowest BCUT2D eigenvalue weighted by Gasteiger charge is -2.17. The lowest BCUT2D eigenvalue weighted by Crippen LogP contribution is -2.24. The van der Waals surface area contributed by atoms with Crippen molar-refractivity contribution in [3.05, 3.63) is 54.1 Å². The molecule has 1 aliphatic heterocycles. The highest BCUT2D eigenvalue weighted by Gasteiger charge is 2.21. The van der Waals surface area contributed by atoms with E-state index in [-0.39, 0.29) is 18.2 Å². The Bertz CT molecular complexity index is 672. The van der Waals surface area contributed by atoms with Crippen molar-refractivity contribution < 1.29 is 14.3 Å². The topological polar surface area (TPSA) is 47.6 Å². The highest BCUT2D eigenvalue weighted by atomic mass is 16.5. The molecule has 0 saturated heterocycles. The third-order valence-corrected chi connectivity index (χ3v) is 3.95. The van der Waals surface area contributed by atoms with Crippen LogP contribution in [0.4, 0.5) is 5.69 Å². The molecular formula is C19H21NO3. The Balaban J connectivity index is 1.79. The number of carbonyl (C=O) groups is 1. The minimum Gasteiger partial charge on any atom is -0.488 e. The molecule has 0 radical (unpaired) electrons. The van der Waals surface area contributed by atoms with Crippen LogP contribution in [0.25, 0.3) is 0 Å². The molecule has 1 N–H and O–H groups in total. The van der Waals surface area contributed by atoms with Crippen LogP contribution in [0.15, 0.2) is 48.5 Å². The van der Waals surface area contributed by atoms with Crippen molar-refractivity contribution in [1.82, 2.24) is 0 Å². The predicted octanol–water partition coefficient (Wildman–Crippen LogP) is 3.98. The van der Waals surface area contributed by atoms with Gasteiger partial charge in [-0.25, -0.2) is 0 Å². The van der Waals surface area contributed by atoms with E-state index < -0.39 is 0 Å². The molecule has 3 atom stereocenters. The Morgan fingerprint density at radius 1 is 1.26 bits per heavy atom. The van der Waals surface area contributed by atoms with Gasteiger partial charge in [0.05, 0.1) is 17.8 Å². The molecule has 4 heteroatoms. The lowest BCUT2D eigenvalue weighted by molar-refractivity contribution is -0.108. The zero-order chi connectivity index (χ0) is 16.2. The molecule has 0 aromatic heterocycles. The maximum absolute atomic E-state index is 11.1. The molecule has 1 aliphatic rings. The highest BCUT2D eigenvalue weighted by molar-refractivity contribution is 5.69. The van der Waals surface area contributed by atoms with E-state index in [0.29, 0.717) is 6.42 Å². The van der Waals surface area contributed by atoms with E-state index in [0.717, 1.165) is 29.0 Å². The molecule has 2 aromatic carbocycles. The number of aldehydes is 1. The number of rotatable bonds is 4. The van der Waals surface area contributed by atoms with Crippen molar-refractivity contribution in [3.8, 4) is 11.5 Å². The van der Waals surface area contributed by atoms with E-state index in [1.54, 1.807) is 0 Å². The fourth-order valence-electron chi connectivity index (χ4n) is 2.76. The van der Waals surface area contributed by atoms with Crippen molar-refractivity contribution >= 4 is 12.0 Å². The van der Waals surface area contributed by atoms with E-state index in [9.17, 15) is 4.79 Å². The minimum absolute atomic E-state index is 0.0271. The lowest BCUT2D eigenvalue weighted by atomic mass is 10.1. The highest BCUT2D eigenvalue weighted by Crippen LogP contribution is 2.35. The van der Waals surface area contributed by atoms with Crippen LogP contribution in [0.5, 0.6) is 11.5 Å². The van der Waals surface area contributed by atoms with Gasteiger partial charge >= 0.3 is 0 Å². The van der Waals surface area contributed by atoms with E-state index in [4.69, 9.17) is 9.47 Å². The second kappa shape index (κ2) is 6.73. The van der Waals surface area contributed by atoms with Crippen LogP contribution >= 0.6 is 0 Å². The fourth-order valence-corrected chi connectivity index (χ4v) is 2.76. The molecule has 120 valence electrons. The second-order valence-corrected chi connectivity index (χ2v) is 5.88. The molecule has 0 saturated carbocycles. The van der Waals surface area contributed by atoms with Gasteiger partial charge in [0, 0.05) is 12.5 Å². The standard InChI is InChI=1S/C19H21NO3/c1-13-10-16(12-21)20-18-9-8-17(11-19(18)22-13)23-14(2)15-6-4-3-5-7-15/h3-9,11-14,16,20H,10H2,1-2H3/t13-,14+,16?/m1/s1. The molecule has 0 fully saturated rings. The summed E-state index contributed by atoms with van der Waals surface area (Å²) in [4.78, 5) is 11.1. The van der Waals surface area contributed by atoms with E-state index in [1.165, 1.54) is 0 Å².